The molecule has 0 aromatic carbocycles. The molecule has 0 unspecified atom stereocenters. The Morgan fingerprint density at radius 2 is 1.57 bits per heavy atom. The SMILES string of the molecule is CC(C)(C)C(=O)C1CC(C(F)(F)F)C1. The summed E-state index contributed by atoms with van der Waals surface area (Å²) in [6, 6.07) is 0. The van der Waals surface area contributed by atoms with Crippen LogP contribution in [-0.2, 0) is 4.79 Å². The van der Waals surface area contributed by atoms with Gasteiger partial charge in [0.05, 0.1) is 5.92 Å². The van der Waals surface area contributed by atoms with Crippen molar-refractivity contribution < 1.29 is 18.0 Å². The molecule has 1 saturated carbocycles. The lowest BCUT2D eigenvalue weighted by Crippen LogP contribution is -2.42. The van der Waals surface area contributed by atoms with Gasteiger partial charge in [0.15, 0.2) is 0 Å². The van der Waals surface area contributed by atoms with E-state index in [4.69, 9.17) is 0 Å². The van der Waals surface area contributed by atoms with Crippen molar-refractivity contribution in [1.82, 2.24) is 0 Å². The van der Waals surface area contributed by atoms with E-state index in [2.05, 4.69) is 0 Å². The summed E-state index contributed by atoms with van der Waals surface area (Å²) in [6.45, 7) is 5.24. The van der Waals surface area contributed by atoms with Crippen LogP contribution in [0, 0.1) is 17.3 Å². The Hall–Kier alpha value is -0.540. The molecule has 0 spiro atoms. The first-order valence-electron chi connectivity index (χ1n) is 4.73. The van der Waals surface area contributed by atoms with Crippen LogP contribution in [0.1, 0.15) is 33.6 Å². The molecule has 1 aliphatic carbocycles. The van der Waals surface area contributed by atoms with Gasteiger partial charge in [0.2, 0.25) is 0 Å². The minimum atomic E-state index is -4.12. The first-order chi connectivity index (χ1) is 6.12. The summed E-state index contributed by atoms with van der Waals surface area (Å²) < 4.78 is 36.4. The van der Waals surface area contributed by atoms with Crippen LogP contribution >= 0.6 is 0 Å². The highest BCUT2D eigenvalue weighted by atomic mass is 19.4. The molecular weight excluding hydrogens is 193 g/mol. The molecule has 0 aromatic rings. The molecule has 82 valence electrons. The van der Waals surface area contributed by atoms with Crippen molar-refractivity contribution >= 4 is 5.78 Å². The molecule has 0 aliphatic heterocycles. The number of carbonyl (C=O) groups excluding carboxylic acids is 1. The maximum absolute atomic E-state index is 12.1. The van der Waals surface area contributed by atoms with E-state index in [1.54, 1.807) is 20.8 Å². The van der Waals surface area contributed by atoms with Gasteiger partial charge >= 0.3 is 6.18 Å². The zero-order valence-corrected chi connectivity index (χ0v) is 8.61. The summed E-state index contributed by atoms with van der Waals surface area (Å²) in [5.74, 6) is -1.67. The van der Waals surface area contributed by atoms with Crippen molar-refractivity contribution in [3.05, 3.63) is 0 Å². The van der Waals surface area contributed by atoms with E-state index in [-0.39, 0.29) is 24.5 Å². The Bertz CT molecular complexity index is 231. The van der Waals surface area contributed by atoms with Crippen LogP contribution in [-0.4, -0.2) is 12.0 Å². The maximum Gasteiger partial charge on any atom is 0.391 e. The van der Waals surface area contributed by atoms with Crippen molar-refractivity contribution in [3.8, 4) is 0 Å². The number of ketones is 1. The van der Waals surface area contributed by atoms with Gasteiger partial charge in [-0.15, -0.1) is 0 Å². The van der Waals surface area contributed by atoms with Crippen LogP contribution in [0.5, 0.6) is 0 Å². The molecular formula is C10H15F3O. The number of Topliss-reactive ketones (excluding diaryl/α,β-unsaturated/α-hetero) is 1. The smallest absolute Gasteiger partial charge is 0.299 e. The van der Waals surface area contributed by atoms with E-state index in [1.807, 2.05) is 0 Å². The number of hydrogen-bond donors (Lipinski definition) is 0. The van der Waals surface area contributed by atoms with E-state index >= 15 is 0 Å². The highest BCUT2D eigenvalue weighted by Gasteiger charge is 2.51. The quantitative estimate of drug-likeness (QED) is 0.646. The molecule has 0 atom stereocenters. The molecule has 0 bridgehead atoms. The maximum atomic E-state index is 12.1. The van der Waals surface area contributed by atoms with E-state index in [0.29, 0.717) is 0 Å². The van der Waals surface area contributed by atoms with Crippen molar-refractivity contribution in [3.63, 3.8) is 0 Å². The predicted molar refractivity (Wildman–Crippen MR) is 46.7 cm³/mol. The molecule has 1 aliphatic rings. The predicted octanol–water partition coefficient (Wildman–Crippen LogP) is 3.19. The van der Waals surface area contributed by atoms with Crippen LogP contribution in [0.2, 0.25) is 0 Å². The summed E-state index contributed by atoms with van der Waals surface area (Å²) in [4.78, 5) is 11.6. The summed E-state index contributed by atoms with van der Waals surface area (Å²) in [6.07, 6.45) is -4.14. The Morgan fingerprint density at radius 3 is 1.86 bits per heavy atom. The minimum Gasteiger partial charge on any atom is -0.299 e. The van der Waals surface area contributed by atoms with Gasteiger partial charge in [0.25, 0.3) is 0 Å². The summed E-state index contributed by atoms with van der Waals surface area (Å²) in [7, 11) is 0. The average molecular weight is 208 g/mol. The topological polar surface area (TPSA) is 17.1 Å². The minimum absolute atomic E-state index is 0.0143. The van der Waals surface area contributed by atoms with Gasteiger partial charge in [-0.05, 0) is 12.8 Å². The molecule has 0 aromatic heterocycles. The highest BCUT2D eigenvalue weighted by Crippen LogP contribution is 2.46. The average Bonchev–Trinajstić information content (AvgIpc) is 1.77. The fraction of sp³-hybridized carbons (Fsp3) is 0.900. The van der Waals surface area contributed by atoms with Crippen LogP contribution in [0.4, 0.5) is 13.2 Å². The number of rotatable bonds is 1. The fourth-order valence-corrected chi connectivity index (χ4v) is 1.71. The van der Waals surface area contributed by atoms with Crippen molar-refractivity contribution in [2.45, 2.75) is 39.8 Å². The third kappa shape index (κ3) is 2.28. The van der Waals surface area contributed by atoms with E-state index in [1.165, 1.54) is 0 Å². The van der Waals surface area contributed by atoms with Crippen LogP contribution in [0.3, 0.4) is 0 Å². The van der Waals surface area contributed by atoms with Gasteiger partial charge in [-0.2, -0.15) is 13.2 Å². The lowest BCUT2D eigenvalue weighted by Gasteiger charge is -2.38. The number of halogens is 3. The Balaban J connectivity index is 2.47. The van der Waals surface area contributed by atoms with Crippen LogP contribution < -0.4 is 0 Å². The molecule has 0 saturated heterocycles. The number of carbonyl (C=O) groups is 1. The molecule has 1 fully saturated rings. The molecule has 0 N–H and O–H groups in total. The van der Waals surface area contributed by atoms with Crippen LogP contribution in [0.25, 0.3) is 0 Å². The lowest BCUT2D eigenvalue weighted by atomic mass is 9.67. The van der Waals surface area contributed by atoms with Gasteiger partial charge in [0, 0.05) is 11.3 Å². The standard InChI is InChI=1S/C10H15F3O/c1-9(2,3)8(14)6-4-7(5-6)10(11,12)13/h6-7H,4-5H2,1-3H3. The van der Waals surface area contributed by atoms with Gasteiger partial charge < -0.3 is 0 Å². The first kappa shape index (κ1) is 11.5. The second-order valence-electron chi connectivity index (χ2n) is 5.02. The van der Waals surface area contributed by atoms with Gasteiger partial charge in [-0.1, -0.05) is 20.8 Å². The number of hydrogen-bond acceptors (Lipinski definition) is 1. The molecule has 0 radical (unpaired) electrons. The zero-order valence-electron chi connectivity index (χ0n) is 8.61. The summed E-state index contributed by atoms with van der Waals surface area (Å²) in [5.41, 5.74) is -0.513. The normalized spacial score (nSPS) is 28.4. The van der Waals surface area contributed by atoms with E-state index in [0.717, 1.165) is 0 Å². The number of alkyl halides is 3. The van der Waals surface area contributed by atoms with Crippen molar-refractivity contribution in [1.29, 1.82) is 0 Å². The molecule has 4 heteroatoms. The van der Waals surface area contributed by atoms with Crippen molar-refractivity contribution in [2.75, 3.05) is 0 Å². The molecule has 0 heterocycles. The third-order valence-corrected chi connectivity index (χ3v) is 2.71. The zero-order chi connectivity index (χ0) is 11.1. The molecule has 0 amide bonds. The molecule has 1 rings (SSSR count). The molecule has 14 heavy (non-hydrogen) atoms. The Labute approximate surface area is 81.7 Å². The second-order valence-corrected chi connectivity index (χ2v) is 5.02. The van der Waals surface area contributed by atoms with Crippen molar-refractivity contribution in [2.24, 2.45) is 17.3 Å². The highest BCUT2D eigenvalue weighted by molar-refractivity contribution is 5.86. The largest absolute Gasteiger partial charge is 0.391 e. The Kier molecular flexibility index (Phi) is 2.67. The summed E-state index contributed by atoms with van der Waals surface area (Å²) >= 11 is 0. The van der Waals surface area contributed by atoms with Gasteiger partial charge in [-0.3, -0.25) is 4.79 Å². The molecule has 1 nitrogen and oxygen atoms in total. The van der Waals surface area contributed by atoms with E-state index in [9.17, 15) is 18.0 Å². The third-order valence-electron chi connectivity index (χ3n) is 2.71. The second kappa shape index (κ2) is 3.24. The fourth-order valence-electron chi connectivity index (χ4n) is 1.71. The Morgan fingerprint density at radius 1 is 1.14 bits per heavy atom. The van der Waals surface area contributed by atoms with Gasteiger partial charge in [0.1, 0.15) is 5.78 Å². The monoisotopic (exact) mass is 208 g/mol. The lowest BCUT2D eigenvalue weighted by molar-refractivity contribution is -0.205. The van der Waals surface area contributed by atoms with Crippen LogP contribution in [0.15, 0.2) is 0 Å². The first-order valence-corrected chi connectivity index (χ1v) is 4.73. The van der Waals surface area contributed by atoms with E-state index < -0.39 is 17.5 Å². The van der Waals surface area contributed by atoms with Gasteiger partial charge in [-0.25, -0.2) is 0 Å². The summed E-state index contributed by atoms with van der Waals surface area (Å²) in [5, 5.41) is 0.